The molecule has 120 valence electrons. The van der Waals surface area contributed by atoms with Crippen LogP contribution >= 0.6 is 0 Å². The summed E-state index contributed by atoms with van der Waals surface area (Å²) in [7, 11) is -3.83. The largest absolute Gasteiger partial charge is 0.296 e. The summed E-state index contributed by atoms with van der Waals surface area (Å²) in [5, 5.41) is 2.14. The van der Waals surface area contributed by atoms with E-state index in [4.69, 9.17) is 4.55 Å². The monoisotopic (exact) mass is 317 g/mol. The standard InChI is InChI=1S/C10H18O3S.C4H5NO2/c1-9-5-3-8(4-6-9)10(9,2)7-14(11,12)13;6-3-1-2-4(7)5-3/h8H,3-7H2,1-2H3,(H,11,12,13);1-2H2,(H,5,6,7). The van der Waals surface area contributed by atoms with Crippen LogP contribution in [0.1, 0.15) is 52.4 Å². The minimum Gasteiger partial charge on any atom is -0.296 e. The molecule has 0 aromatic carbocycles. The molecule has 0 aromatic rings. The van der Waals surface area contributed by atoms with Gasteiger partial charge in [0, 0.05) is 12.8 Å². The van der Waals surface area contributed by atoms with Crippen LogP contribution in [0.15, 0.2) is 0 Å². The van der Waals surface area contributed by atoms with E-state index in [1.165, 1.54) is 0 Å². The number of hydrogen-bond acceptors (Lipinski definition) is 4. The van der Waals surface area contributed by atoms with E-state index in [0.717, 1.165) is 25.7 Å². The first-order valence-corrected chi connectivity index (χ1v) is 8.94. The second-order valence-corrected chi connectivity index (χ2v) is 8.40. The van der Waals surface area contributed by atoms with Gasteiger partial charge in [-0.3, -0.25) is 19.5 Å². The third-order valence-electron chi connectivity index (χ3n) is 5.71. The zero-order valence-electron chi connectivity index (χ0n) is 12.5. The van der Waals surface area contributed by atoms with E-state index < -0.39 is 10.1 Å². The van der Waals surface area contributed by atoms with E-state index in [-0.39, 0.29) is 28.4 Å². The second-order valence-electron chi connectivity index (χ2n) is 6.95. The van der Waals surface area contributed by atoms with Crippen LogP contribution < -0.4 is 5.32 Å². The van der Waals surface area contributed by atoms with Crippen LogP contribution in [-0.4, -0.2) is 30.5 Å². The zero-order chi connectivity index (χ0) is 15.9. The van der Waals surface area contributed by atoms with E-state index in [0.29, 0.717) is 18.8 Å². The molecule has 1 saturated heterocycles. The minimum absolute atomic E-state index is 0.0544. The fourth-order valence-electron chi connectivity index (χ4n) is 4.13. The van der Waals surface area contributed by atoms with Crippen LogP contribution in [0.4, 0.5) is 0 Å². The molecule has 6 nitrogen and oxygen atoms in total. The van der Waals surface area contributed by atoms with Crippen molar-refractivity contribution in [3.05, 3.63) is 0 Å². The molecule has 3 fully saturated rings. The Hall–Kier alpha value is -0.950. The SMILES string of the molecule is CC12CCC(CC1)C2(C)CS(=O)(=O)O.O=C1CCC(=O)N1. The number of carbonyl (C=O) groups is 2. The third-order valence-corrected chi connectivity index (χ3v) is 6.67. The molecule has 1 aliphatic heterocycles. The smallest absolute Gasteiger partial charge is 0.265 e. The lowest BCUT2D eigenvalue weighted by Crippen LogP contribution is -2.37. The van der Waals surface area contributed by atoms with Crippen LogP contribution in [0, 0.1) is 16.7 Å². The Morgan fingerprint density at radius 2 is 1.62 bits per heavy atom. The van der Waals surface area contributed by atoms with Gasteiger partial charge >= 0.3 is 0 Å². The molecular weight excluding hydrogens is 294 g/mol. The first-order valence-electron chi connectivity index (χ1n) is 7.34. The number of fused-ring (bicyclic) bond motifs is 2. The normalized spacial score (nSPS) is 38.1. The molecule has 3 aliphatic rings. The molecule has 2 bridgehead atoms. The summed E-state index contributed by atoms with van der Waals surface area (Å²) in [4.78, 5) is 20.2. The fraction of sp³-hybridized carbons (Fsp3) is 0.857. The molecule has 0 radical (unpaired) electrons. The number of amides is 2. The Morgan fingerprint density at radius 3 is 1.86 bits per heavy atom. The van der Waals surface area contributed by atoms with Gasteiger partial charge in [0.15, 0.2) is 0 Å². The average Bonchev–Trinajstić information content (AvgIpc) is 2.89. The summed E-state index contributed by atoms with van der Waals surface area (Å²) in [6, 6.07) is 0. The van der Waals surface area contributed by atoms with E-state index in [2.05, 4.69) is 12.2 Å². The highest BCUT2D eigenvalue weighted by atomic mass is 32.2. The van der Waals surface area contributed by atoms with Crippen LogP contribution in [0.5, 0.6) is 0 Å². The zero-order valence-corrected chi connectivity index (χ0v) is 13.3. The molecular formula is C14H23NO5S. The van der Waals surface area contributed by atoms with Gasteiger partial charge in [0.05, 0.1) is 5.75 Å². The van der Waals surface area contributed by atoms with Gasteiger partial charge < -0.3 is 0 Å². The quantitative estimate of drug-likeness (QED) is 0.594. The van der Waals surface area contributed by atoms with Crippen LogP contribution in [0.25, 0.3) is 0 Å². The van der Waals surface area contributed by atoms with Gasteiger partial charge in [0.1, 0.15) is 0 Å². The molecule has 2 amide bonds. The molecule has 2 saturated carbocycles. The van der Waals surface area contributed by atoms with Crippen molar-refractivity contribution >= 4 is 21.9 Å². The lowest BCUT2D eigenvalue weighted by Gasteiger charge is -2.37. The molecule has 0 aromatic heterocycles. The Kier molecular flexibility index (Phi) is 4.19. The molecule has 2 N–H and O–H groups in total. The number of carbonyl (C=O) groups excluding carboxylic acids is 2. The van der Waals surface area contributed by atoms with Gasteiger partial charge in [-0.25, -0.2) is 0 Å². The first kappa shape index (κ1) is 16.4. The second kappa shape index (κ2) is 5.35. The predicted molar refractivity (Wildman–Crippen MR) is 77.0 cm³/mol. The van der Waals surface area contributed by atoms with Crippen molar-refractivity contribution in [3.63, 3.8) is 0 Å². The summed E-state index contributed by atoms with van der Waals surface area (Å²) in [6.45, 7) is 4.20. The molecule has 1 unspecified atom stereocenters. The lowest BCUT2D eigenvalue weighted by atomic mass is 9.71. The van der Waals surface area contributed by atoms with E-state index in [1.54, 1.807) is 0 Å². The Bertz CT molecular complexity index is 534. The minimum atomic E-state index is -3.83. The lowest BCUT2D eigenvalue weighted by molar-refractivity contribution is -0.124. The van der Waals surface area contributed by atoms with Gasteiger partial charge in [-0.2, -0.15) is 8.42 Å². The van der Waals surface area contributed by atoms with Crippen molar-refractivity contribution in [2.75, 3.05) is 5.75 Å². The van der Waals surface area contributed by atoms with Gasteiger partial charge in [0.2, 0.25) is 11.8 Å². The van der Waals surface area contributed by atoms with Crippen LogP contribution in [-0.2, 0) is 19.7 Å². The van der Waals surface area contributed by atoms with Crippen LogP contribution in [0.3, 0.4) is 0 Å². The highest BCUT2D eigenvalue weighted by molar-refractivity contribution is 7.85. The van der Waals surface area contributed by atoms with Gasteiger partial charge in [0.25, 0.3) is 10.1 Å². The van der Waals surface area contributed by atoms with E-state index in [9.17, 15) is 18.0 Å². The van der Waals surface area contributed by atoms with E-state index in [1.807, 2.05) is 6.92 Å². The molecule has 21 heavy (non-hydrogen) atoms. The van der Waals surface area contributed by atoms with Gasteiger partial charge in [-0.1, -0.05) is 13.8 Å². The summed E-state index contributed by atoms with van der Waals surface area (Å²) in [5.74, 6) is 0.144. The topological polar surface area (TPSA) is 101 Å². The van der Waals surface area contributed by atoms with Crippen molar-refractivity contribution in [2.24, 2.45) is 16.7 Å². The highest BCUT2D eigenvalue weighted by Gasteiger charge is 2.59. The van der Waals surface area contributed by atoms with Crippen molar-refractivity contribution < 1.29 is 22.6 Å². The Labute approximate surface area is 125 Å². The van der Waals surface area contributed by atoms with Crippen molar-refractivity contribution in [1.29, 1.82) is 0 Å². The maximum Gasteiger partial charge on any atom is 0.265 e. The van der Waals surface area contributed by atoms with Crippen molar-refractivity contribution in [1.82, 2.24) is 5.32 Å². The number of rotatable bonds is 2. The van der Waals surface area contributed by atoms with E-state index >= 15 is 0 Å². The van der Waals surface area contributed by atoms with Crippen LogP contribution in [0.2, 0.25) is 0 Å². The molecule has 1 atom stereocenters. The number of hydrogen-bond donors (Lipinski definition) is 2. The summed E-state index contributed by atoms with van der Waals surface area (Å²) < 4.78 is 31.0. The molecule has 3 rings (SSSR count). The maximum atomic E-state index is 11.0. The summed E-state index contributed by atoms with van der Waals surface area (Å²) >= 11 is 0. The molecule has 1 heterocycles. The average molecular weight is 317 g/mol. The Morgan fingerprint density at radius 1 is 1.14 bits per heavy atom. The summed E-state index contributed by atoms with van der Waals surface area (Å²) in [5.41, 5.74) is -0.0615. The molecule has 0 spiro atoms. The first-order chi connectivity index (χ1) is 9.56. The van der Waals surface area contributed by atoms with Crippen molar-refractivity contribution in [3.8, 4) is 0 Å². The number of nitrogens with one attached hydrogen (secondary N) is 1. The highest BCUT2D eigenvalue weighted by Crippen LogP contribution is 2.65. The van der Waals surface area contributed by atoms with Gasteiger partial charge in [-0.15, -0.1) is 0 Å². The maximum absolute atomic E-state index is 11.0. The molecule has 7 heteroatoms. The van der Waals surface area contributed by atoms with Gasteiger partial charge in [-0.05, 0) is 42.4 Å². The Balaban J connectivity index is 0.000000194. The number of imide groups is 1. The van der Waals surface area contributed by atoms with Crippen molar-refractivity contribution in [2.45, 2.75) is 52.4 Å². The summed E-state index contributed by atoms with van der Waals surface area (Å²) in [6.07, 6.45) is 5.23. The third kappa shape index (κ3) is 3.29. The fourth-order valence-corrected chi connectivity index (χ4v) is 5.48. The molecule has 2 aliphatic carbocycles. The predicted octanol–water partition coefficient (Wildman–Crippen LogP) is 1.51.